The lowest BCUT2D eigenvalue weighted by molar-refractivity contribution is 0.239. The molecule has 1 unspecified atom stereocenters. The molecule has 0 spiro atoms. The Hall–Kier alpha value is -0.0800. The zero-order chi connectivity index (χ0) is 11.7. The van der Waals surface area contributed by atoms with Crippen LogP contribution in [0, 0.1) is 5.92 Å². The van der Waals surface area contributed by atoms with Gasteiger partial charge in [-0.25, -0.2) is 0 Å². The first-order chi connectivity index (χ1) is 7.08. The molecule has 0 aromatic heterocycles. The van der Waals surface area contributed by atoms with E-state index in [0.717, 1.165) is 12.8 Å². The Morgan fingerprint density at radius 1 is 0.933 bits per heavy atom. The van der Waals surface area contributed by atoms with E-state index >= 15 is 0 Å². The van der Waals surface area contributed by atoms with E-state index in [4.69, 9.17) is 11.5 Å². The van der Waals surface area contributed by atoms with Gasteiger partial charge in [-0.1, -0.05) is 59.3 Å². The van der Waals surface area contributed by atoms with E-state index < -0.39 is 5.66 Å². The van der Waals surface area contributed by atoms with Crippen molar-refractivity contribution in [2.24, 2.45) is 17.4 Å². The molecule has 0 heterocycles. The Kier molecular flexibility index (Phi) is 8.07. The number of rotatable bonds is 9. The SMILES string of the molecule is CCCCCCCC(CC)C(N)(N)CC. The summed E-state index contributed by atoms with van der Waals surface area (Å²) in [4.78, 5) is 0. The Balaban J connectivity index is 3.71. The zero-order valence-corrected chi connectivity index (χ0v) is 10.9. The number of nitrogens with two attached hydrogens (primary N) is 2. The topological polar surface area (TPSA) is 52.0 Å². The summed E-state index contributed by atoms with van der Waals surface area (Å²) >= 11 is 0. The zero-order valence-electron chi connectivity index (χ0n) is 10.9. The Morgan fingerprint density at radius 2 is 1.53 bits per heavy atom. The molecule has 0 aliphatic heterocycles. The normalized spacial score (nSPS) is 14.2. The average molecular weight is 214 g/mol. The van der Waals surface area contributed by atoms with Crippen molar-refractivity contribution in [2.75, 3.05) is 0 Å². The lowest BCUT2D eigenvalue weighted by Gasteiger charge is -2.32. The molecule has 0 amide bonds. The molecule has 2 nitrogen and oxygen atoms in total. The standard InChI is InChI=1S/C13H30N2/c1-4-7-8-9-10-11-12(5-2)13(14,15)6-3/h12H,4-11,14-15H2,1-3H3. The molecule has 0 radical (unpaired) electrons. The summed E-state index contributed by atoms with van der Waals surface area (Å²) in [5.41, 5.74) is 11.7. The van der Waals surface area contributed by atoms with Gasteiger partial charge in [0.25, 0.3) is 0 Å². The van der Waals surface area contributed by atoms with Gasteiger partial charge < -0.3 is 11.5 Å². The largest absolute Gasteiger partial charge is 0.313 e. The summed E-state index contributed by atoms with van der Waals surface area (Å²) in [5.74, 6) is 0.490. The van der Waals surface area contributed by atoms with Gasteiger partial charge in [-0.2, -0.15) is 0 Å². The van der Waals surface area contributed by atoms with Crippen LogP contribution in [-0.4, -0.2) is 5.66 Å². The van der Waals surface area contributed by atoms with E-state index in [1.54, 1.807) is 0 Å². The summed E-state index contributed by atoms with van der Waals surface area (Å²) in [6.45, 7) is 6.53. The van der Waals surface area contributed by atoms with Crippen molar-refractivity contribution in [3.05, 3.63) is 0 Å². The maximum absolute atomic E-state index is 6.09. The predicted octanol–water partition coefficient (Wildman–Crippen LogP) is 3.40. The molecule has 0 aliphatic carbocycles. The molecule has 0 aliphatic rings. The fourth-order valence-corrected chi connectivity index (χ4v) is 2.14. The Bertz CT molecular complexity index is 143. The van der Waals surface area contributed by atoms with Gasteiger partial charge in [0.15, 0.2) is 0 Å². The van der Waals surface area contributed by atoms with Gasteiger partial charge in [0.05, 0.1) is 5.66 Å². The van der Waals surface area contributed by atoms with Crippen LogP contribution >= 0.6 is 0 Å². The molecule has 4 N–H and O–H groups in total. The smallest absolute Gasteiger partial charge is 0.0662 e. The van der Waals surface area contributed by atoms with Crippen LogP contribution in [0.15, 0.2) is 0 Å². The molecule has 0 saturated heterocycles. The van der Waals surface area contributed by atoms with Crippen molar-refractivity contribution in [3.8, 4) is 0 Å². The van der Waals surface area contributed by atoms with Crippen molar-refractivity contribution in [3.63, 3.8) is 0 Å². The van der Waals surface area contributed by atoms with E-state index in [1.165, 1.54) is 38.5 Å². The third-order valence-electron chi connectivity index (χ3n) is 3.52. The second-order valence-corrected chi connectivity index (χ2v) is 4.77. The molecule has 0 saturated carbocycles. The Labute approximate surface area is 95.8 Å². The molecule has 0 fully saturated rings. The lowest BCUT2D eigenvalue weighted by Crippen LogP contribution is -2.54. The molecular weight excluding hydrogens is 184 g/mol. The molecule has 0 aromatic rings. The number of unbranched alkanes of at least 4 members (excludes halogenated alkanes) is 4. The fraction of sp³-hybridized carbons (Fsp3) is 1.00. The van der Waals surface area contributed by atoms with Crippen molar-refractivity contribution < 1.29 is 0 Å². The first kappa shape index (κ1) is 14.9. The summed E-state index contributed by atoms with van der Waals surface area (Å²) in [5, 5.41) is 0. The summed E-state index contributed by atoms with van der Waals surface area (Å²) < 4.78 is 0. The van der Waals surface area contributed by atoms with Crippen LogP contribution in [-0.2, 0) is 0 Å². The Morgan fingerprint density at radius 3 is 2.00 bits per heavy atom. The van der Waals surface area contributed by atoms with Gasteiger partial charge in [-0.15, -0.1) is 0 Å². The van der Waals surface area contributed by atoms with Crippen LogP contribution < -0.4 is 11.5 Å². The maximum atomic E-state index is 6.09. The van der Waals surface area contributed by atoms with Gasteiger partial charge in [-0.05, 0) is 18.8 Å². The van der Waals surface area contributed by atoms with Gasteiger partial charge in [0.2, 0.25) is 0 Å². The van der Waals surface area contributed by atoms with Crippen molar-refractivity contribution in [1.82, 2.24) is 0 Å². The fourth-order valence-electron chi connectivity index (χ4n) is 2.14. The molecule has 0 rings (SSSR count). The highest BCUT2D eigenvalue weighted by Gasteiger charge is 2.26. The summed E-state index contributed by atoms with van der Waals surface area (Å²) in [7, 11) is 0. The average Bonchev–Trinajstić information content (AvgIpc) is 2.23. The van der Waals surface area contributed by atoms with Gasteiger partial charge in [-0.3, -0.25) is 0 Å². The van der Waals surface area contributed by atoms with Crippen LogP contribution in [0.1, 0.15) is 72.1 Å². The third-order valence-corrected chi connectivity index (χ3v) is 3.52. The van der Waals surface area contributed by atoms with E-state index in [9.17, 15) is 0 Å². The first-order valence-corrected chi connectivity index (χ1v) is 6.66. The predicted molar refractivity (Wildman–Crippen MR) is 68.6 cm³/mol. The second-order valence-electron chi connectivity index (χ2n) is 4.77. The van der Waals surface area contributed by atoms with Gasteiger partial charge in [0.1, 0.15) is 0 Å². The third kappa shape index (κ3) is 6.16. The minimum absolute atomic E-state index is 0.445. The van der Waals surface area contributed by atoms with Gasteiger partial charge in [0, 0.05) is 0 Å². The molecule has 92 valence electrons. The maximum Gasteiger partial charge on any atom is 0.0662 e. The summed E-state index contributed by atoms with van der Waals surface area (Å²) in [6, 6.07) is 0. The monoisotopic (exact) mass is 214 g/mol. The molecule has 0 bridgehead atoms. The van der Waals surface area contributed by atoms with Crippen LogP contribution in [0.3, 0.4) is 0 Å². The minimum atomic E-state index is -0.445. The van der Waals surface area contributed by atoms with Crippen LogP contribution in [0.5, 0.6) is 0 Å². The molecule has 2 heteroatoms. The highest BCUT2D eigenvalue weighted by atomic mass is 15.0. The highest BCUT2D eigenvalue weighted by Crippen LogP contribution is 2.23. The van der Waals surface area contributed by atoms with E-state index in [2.05, 4.69) is 20.8 Å². The highest BCUT2D eigenvalue weighted by molar-refractivity contribution is 4.83. The molecule has 1 atom stereocenters. The van der Waals surface area contributed by atoms with E-state index in [1.807, 2.05) is 0 Å². The van der Waals surface area contributed by atoms with Crippen LogP contribution in [0.4, 0.5) is 0 Å². The molecule has 0 aromatic carbocycles. The summed E-state index contributed by atoms with van der Waals surface area (Å²) in [6.07, 6.45) is 9.83. The van der Waals surface area contributed by atoms with E-state index in [-0.39, 0.29) is 0 Å². The minimum Gasteiger partial charge on any atom is -0.313 e. The number of hydrogen-bond donors (Lipinski definition) is 2. The van der Waals surface area contributed by atoms with Gasteiger partial charge >= 0.3 is 0 Å². The first-order valence-electron chi connectivity index (χ1n) is 6.66. The number of hydrogen-bond acceptors (Lipinski definition) is 2. The van der Waals surface area contributed by atoms with Crippen LogP contribution in [0.2, 0.25) is 0 Å². The van der Waals surface area contributed by atoms with Crippen molar-refractivity contribution in [2.45, 2.75) is 77.8 Å². The quantitative estimate of drug-likeness (QED) is 0.456. The van der Waals surface area contributed by atoms with Crippen molar-refractivity contribution >= 4 is 0 Å². The molecular formula is C13H30N2. The lowest BCUT2D eigenvalue weighted by atomic mass is 9.85. The van der Waals surface area contributed by atoms with Crippen LogP contribution in [0.25, 0.3) is 0 Å². The van der Waals surface area contributed by atoms with E-state index in [0.29, 0.717) is 5.92 Å². The second kappa shape index (κ2) is 8.12. The van der Waals surface area contributed by atoms with Crippen molar-refractivity contribution in [1.29, 1.82) is 0 Å². The molecule has 15 heavy (non-hydrogen) atoms.